The van der Waals surface area contributed by atoms with Crippen LogP contribution in [0.2, 0.25) is 0 Å². The van der Waals surface area contributed by atoms with Crippen molar-refractivity contribution in [3.63, 3.8) is 0 Å². The molecule has 12 heavy (non-hydrogen) atoms. The van der Waals surface area contributed by atoms with Crippen molar-refractivity contribution in [1.82, 2.24) is 5.32 Å². The quantitative estimate of drug-likeness (QED) is 0.189. The number of hydrogen-bond donors (Lipinski definition) is 1. The highest BCUT2D eigenvalue weighted by molar-refractivity contribution is 8.13. The number of alkyl halides is 1. The zero-order valence-corrected chi connectivity index (χ0v) is 8.19. The molecule has 1 N–H and O–H groups in total. The smallest absolute Gasteiger partial charge is 0.234 e. The number of amidine groups is 1. The molecule has 0 aromatic heterocycles. The van der Waals surface area contributed by atoms with Gasteiger partial charge in [-0.3, -0.25) is 0 Å². The maximum atomic E-state index is 9.94. The predicted octanol–water partition coefficient (Wildman–Crippen LogP) is 1.12. The summed E-state index contributed by atoms with van der Waals surface area (Å²) in [5, 5.41) is 15.4. The summed E-state index contributed by atoms with van der Waals surface area (Å²) >= 11 is 6.62. The van der Waals surface area contributed by atoms with Gasteiger partial charge in [-0.15, -0.1) is 11.6 Å². The summed E-state index contributed by atoms with van der Waals surface area (Å²) in [6.45, 7) is 0.608. The van der Waals surface area contributed by atoms with Crippen molar-refractivity contribution in [1.29, 1.82) is 0 Å². The molecule has 0 aliphatic heterocycles. The van der Waals surface area contributed by atoms with Gasteiger partial charge in [-0.25, -0.2) is 10.1 Å². The molecule has 0 saturated heterocycles. The molecule has 7 heteroatoms. The SMILES string of the molecule is CSC(=N[N+](=O)[O-])NCCCCl. The number of nitrogens with zero attached hydrogens (tertiary/aromatic N) is 2. The topological polar surface area (TPSA) is 67.5 Å². The van der Waals surface area contributed by atoms with Crippen LogP contribution in [0.15, 0.2) is 5.10 Å². The van der Waals surface area contributed by atoms with Gasteiger partial charge in [0.1, 0.15) is 0 Å². The summed E-state index contributed by atoms with van der Waals surface area (Å²) in [5.41, 5.74) is 0. The van der Waals surface area contributed by atoms with Gasteiger partial charge in [-0.05, 0) is 12.7 Å². The molecule has 0 aliphatic rings. The van der Waals surface area contributed by atoms with E-state index in [4.69, 9.17) is 11.6 Å². The molecule has 0 amide bonds. The minimum Gasteiger partial charge on any atom is -0.360 e. The second-order valence-electron chi connectivity index (χ2n) is 1.82. The van der Waals surface area contributed by atoms with Crippen molar-refractivity contribution in [2.75, 3.05) is 18.7 Å². The van der Waals surface area contributed by atoms with Crippen molar-refractivity contribution in [2.45, 2.75) is 6.42 Å². The Hall–Kier alpha value is -0.490. The van der Waals surface area contributed by atoms with Gasteiger partial charge in [-0.1, -0.05) is 11.8 Å². The van der Waals surface area contributed by atoms with Crippen molar-refractivity contribution in [3.8, 4) is 0 Å². The van der Waals surface area contributed by atoms with Gasteiger partial charge in [-0.2, -0.15) is 0 Å². The lowest BCUT2D eigenvalue weighted by Crippen LogP contribution is -2.22. The molecule has 0 aliphatic carbocycles. The minimum atomic E-state index is -0.723. The summed E-state index contributed by atoms with van der Waals surface area (Å²) in [5.74, 6) is 0.535. The van der Waals surface area contributed by atoms with Crippen LogP contribution in [-0.2, 0) is 0 Å². The first-order valence-corrected chi connectivity index (χ1v) is 5.03. The lowest BCUT2D eigenvalue weighted by Gasteiger charge is -2.01. The first-order chi connectivity index (χ1) is 5.70. The number of nitro groups is 1. The van der Waals surface area contributed by atoms with E-state index in [0.29, 0.717) is 17.6 Å². The summed E-state index contributed by atoms with van der Waals surface area (Å²) in [7, 11) is 0. The number of hydrogen-bond acceptors (Lipinski definition) is 3. The predicted molar refractivity (Wildman–Crippen MR) is 51.3 cm³/mol. The Morgan fingerprint density at radius 2 is 2.50 bits per heavy atom. The largest absolute Gasteiger partial charge is 0.360 e. The highest BCUT2D eigenvalue weighted by Crippen LogP contribution is 1.95. The fraction of sp³-hybridized carbons (Fsp3) is 0.800. The van der Waals surface area contributed by atoms with Gasteiger partial charge >= 0.3 is 0 Å². The Morgan fingerprint density at radius 3 is 2.92 bits per heavy atom. The lowest BCUT2D eigenvalue weighted by molar-refractivity contribution is -0.484. The van der Waals surface area contributed by atoms with E-state index in [1.54, 1.807) is 6.26 Å². The number of rotatable bonds is 4. The highest BCUT2D eigenvalue weighted by Gasteiger charge is 2.00. The molecule has 0 rings (SSSR count). The molecule has 0 fully saturated rings. The summed E-state index contributed by atoms with van der Waals surface area (Å²) < 4.78 is 0. The van der Waals surface area contributed by atoms with Crippen LogP contribution in [0.1, 0.15) is 6.42 Å². The van der Waals surface area contributed by atoms with Crippen LogP contribution in [0.25, 0.3) is 0 Å². The van der Waals surface area contributed by atoms with Gasteiger partial charge in [0.15, 0.2) is 5.03 Å². The lowest BCUT2D eigenvalue weighted by atomic mass is 10.5. The molecule has 0 aromatic rings. The van der Waals surface area contributed by atoms with E-state index in [1.807, 2.05) is 0 Å². The van der Waals surface area contributed by atoms with Gasteiger partial charge < -0.3 is 5.32 Å². The average molecular weight is 212 g/mol. The van der Waals surface area contributed by atoms with Crippen LogP contribution in [0.5, 0.6) is 0 Å². The van der Waals surface area contributed by atoms with Crippen molar-refractivity contribution < 1.29 is 5.03 Å². The van der Waals surface area contributed by atoms with E-state index < -0.39 is 5.03 Å². The van der Waals surface area contributed by atoms with E-state index in [2.05, 4.69) is 10.4 Å². The normalized spacial score (nSPS) is 11.3. The monoisotopic (exact) mass is 211 g/mol. The first-order valence-electron chi connectivity index (χ1n) is 3.27. The van der Waals surface area contributed by atoms with E-state index in [-0.39, 0.29) is 0 Å². The molecular weight excluding hydrogens is 202 g/mol. The van der Waals surface area contributed by atoms with Gasteiger partial charge in [0, 0.05) is 12.4 Å². The van der Waals surface area contributed by atoms with Gasteiger partial charge in [0.2, 0.25) is 5.17 Å². The zero-order valence-electron chi connectivity index (χ0n) is 6.62. The first kappa shape index (κ1) is 11.5. The van der Waals surface area contributed by atoms with Crippen molar-refractivity contribution in [2.24, 2.45) is 5.10 Å². The maximum Gasteiger partial charge on any atom is 0.234 e. The van der Waals surface area contributed by atoms with Gasteiger partial charge in [0.25, 0.3) is 0 Å². The Labute approximate surface area is 79.7 Å². The average Bonchev–Trinajstić information content (AvgIpc) is 2.02. The third kappa shape index (κ3) is 6.23. The number of hydrazone groups is 1. The Morgan fingerprint density at radius 1 is 1.83 bits per heavy atom. The third-order valence-corrected chi connectivity index (χ3v) is 1.83. The molecule has 0 atom stereocenters. The fourth-order valence-corrected chi connectivity index (χ4v) is 1.01. The number of nitrogens with one attached hydrogen (secondary N) is 1. The summed E-state index contributed by atoms with van der Waals surface area (Å²) in [6.07, 6.45) is 2.48. The van der Waals surface area contributed by atoms with Gasteiger partial charge in [0.05, 0.1) is 5.10 Å². The second kappa shape index (κ2) is 7.17. The van der Waals surface area contributed by atoms with E-state index >= 15 is 0 Å². The second-order valence-corrected chi connectivity index (χ2v) is 2.99. The molecular formula is C5H10ClN3O2S. The van der Waals surface area contributed by atoms with Crippen LogP contribution in [0.3, 0.4) is 0 Å². The van der Waals surface area contributed by atoms with Crippen LogP contribution >= 0.6 is 23.4 Å². The molecule has 0 spiro atoms. The van der Waals surface area contributed by atoms with Crippen LogP contribution < -0.4 is 5.32 Å². The summed E-state index contributed by atoms with van der Waals surface area (Å²) in [4.78, 5) is 9.94. The number of halogens is 1. The van der Waals surface area contributed by atoms with Crippen LogP contribution in [0, 0.1) is 10.1 Å². The summed E-state index contributed by atoms with van der Waals surface area (Å²) in [6, 6.07) is 0. The molecule has 0 unspecified atom stereocenters. The standard InChI is InChI=1S/C5H10ClN3O2S/c1-12-5(8-9(10)11)7-4-2-3-6/h2-4H2,1H3,(H,7,8). The zero-order chi connectivity index (χ0) is 9.40. The Bertz CT molecular complexity index is 176. The minimum absolute atomic E-state index is 0.310. The fourth-order valence-electron chi connectivity index (χ4n) is 0.485. The molecule has 0 radical (unpaired) electrons. The van der Waals surface area contributed by atoms with Crippen molar-refractivity contribution in [3.05, 3.63) is 10.1 Å². The highest BCUT2D eigenvalue weighted by atomic mass is 35.5. The van der Waals surface area contributed by atoms with Crippen LogP contribution in [0.4, 0.5) is 0 Å². The Kier molecular flexibility index (Phi) is 6.88. The molecule has 0 heterocycles. The number of thioether (sulfide) groups is 1. The molecule has 0 aromatic carbocycles. The molecule has 0 bridgehead atoms. The van der Waals surface area contributed by atoms with Crippen molar-refractivity contribution >= 4 is 28.5 Å². The third-order valence-electron chi connectivity index (χ3n) is 0.952. The van der Waals surface area contributed by atoms with E-state index in [9.17, 15) is 10.1 Å². The van der Waals surface area contributed by atoms with E-state index in [0.717, 1.165) is 6.42 Å². The Balaban J connectivity index is 3.75. The molecule has 70 valence electrons. The van der Waals surface area contributed by atoms with Crippen LogP contribution in [-0.4, -0.2) is 28.9 Å². The van der Waals surface area contributed by atoms with E-state index in [1.165, 1.54) is 11.8 Å². The molecule has 0 saturated carbocycles. The maximum absolute atomic E-state index is 9.94. The molecule has 5 nitrogen and oxygen atoms in total.